The molecule has 1 aliphatic heterocycles. The van der Waals surface area contributed by atoms with Gasteiger partial charge in [-0.05, 0) is 50.1 Å². The number of piperidine rings is 1. The number of anilines is 2. The van der Waals surface area contributed by atoms with Crippen LogP contribution in [-0.2, 0) is 14.8 Å². The Hall–Kier alpha value is -2.71. The van der Waals surface area contributed by atoms with Crippen LogP contribution >= 0.6 is 0 Å². The Balaban J connectivity index is 1.65. The van der Waals surface area contributed by atoms with Gasteiger partial charge in [0.15, 0.2) is 5.78 Å². The summed E-state index contributed by atoms with van der Waals surface area (Å²) in [6, 6.07) is 13.3. The quantitative estimate of drug-likeness (QED) is 0.678. The first-order chi connectivity index (χ1) is 13.9. The Morgan fingerprint density at radius 3 is 2.45 bits per heavy atom. The molecule has 0 saturated carbocycles. The lowest BCUT2D eigenvalue weighted by Gasteiger charge is -2.26. The van der Waals surface area contributed by atoms with Crippen molar-refractivity contribution in [1.29, 1.82) is 0 Å². The molecule has 7 nitrogen and oxygen atoms in total. The molecule has 0 aromatic heterocycles. The first-order valence-electron chi connectivity index (χ1n) is 9.62. The maximum Gasteiger partial charge on any atom is 0.243 e. The lowest BCUT2D eigenvalue weighted by atomic mass is 10.1. The van der Waals surface area contributed by atoms with Crippen molar-refractivity contribution < 1.29 is 18.0 Å². The molecule has 29 heavy (non-hydrogen) atoms. The van der Waals surface area contributed by atoms with Gasteiger partial charge in [-0.1, -0.05) is 24.6 Å². The van der Waals surface area contributed by atoms with Crippen LogP contribution in [0.15, 0.2) is 53.4 Å². The SMILES string of the molecule is CC(=O)c1ccccc1NC(=O)CNc1cccc(S(=O)(=O)N2CCCCC2)c1. The molecule has 0 spiro atoms. The van der Waals surface area contributed by atoms with Gasteiger partial charge < -0.3 is 10.6 Å². The van der Waals surface area contributed by atoms with Crippen LogP contribution < -0.4 is 10.6 Å². The number of benzene rings is 2. The fourth-order valence-corrected chi connectivity index (χ4v) is 4.86. The predicted octanol–water partition coefficient (Wildman–Crippen LogP) is 3.11. The van der Waals surface area contributed by atoms with Crippen molar-refractivity contribution >= 4 is 33.1 Å². The molecule has 0 bridgehead atoms. The number of amides is 1. The van der Waals surface area contributed by atoms with Gasteiger partial charge in [-0.15, -0.1) is 0 Å². The van der Waals surface area contributed by atoms with E-state index in [4.69, 9.17) is 0 Å². The number of hydrogen-bond donors (Lipinski definition) is 2. The van der Waals surface area contributed by atoms with Gasteiger partial charge in [-0.2, -0.15) is 4.31 Å². The van der Waals surface area contributed by atoms with E-state index in [0.717, 1.165) is 19.3 Å². The zero-order chi connectivity index (χ0) is 20.9. The number of rotatable bonds is 7. The fraction of sp³-hybridized carbons (Fsp3) is 0.333. The maximum absolute atomic E-state index is 12.8. The molecule has 8 heteroatoms. The van der Waals surface area contributed by atoms with Gasteiger partial charge in [0, 0.05) is 24.3 Å². The molecule has 154 valence electrons. The first kappa shape index (κ1) is 21.0. The van der Waals surface area contributed by atoms with Crippen LogP contribution in [-0.4, -0.2) is 44.0 Å². The second-order valence-electron chi connectivity index (χ2n) is 7.00. The van der Waals surface area contributed by atoms with Crippen LogP contribution in [0.25, 0.3) is 0 Å². The van der Waals surface area contributed by atoms with Crippen LogP contribution in [0.1, 0.15) is 36.5 Å². The van der Waals surface area contributed by atoms with Crippen molar-refractivity contribution in [3.05, 3.63) is 54.1 Å². The lowest BCUT2D eigenvalue weighted by molar-refractivity contribution is -0.114. The highest BCUT2D eigenvalue weighted by Gasteiger charge is 2.26. The number of carbonyl (C=O) groups is 2. The first-order valence-corrected chi connectivity index (χ1v) is 11.1. The van der Waals surface area contributed by atoms with Crippen LogP contribution in [0.2, 0.25) is 0 Å². The van der Waals surface area contributed by atoms with Gasteiger partial charge in [0.05, 0.1) is 17.1 Å². The van der Waals surface area contributed by atoms with Crippen LogP contribution in [0.4, 0.5) is 11.4 Å². The molecule has 0 aliphatic carbocycles. The fourth-order valence-electron chi connectivity index (χ4n) is 3.30. The molecule has 0 radical (unpaired) electrons. The van der Waals surface area contributed by atoms with Gasteiger partial charge >= 0.3 is 0 Å². The molecular weight excluding hydrogens is 390 g/mol. The monoisotopic (exact) mass is 415 g/mol. The Morgan fingerprint density at radius 2 is 1.72 bits per heavy atom. The highest BCUT2D eigenvalue weighted by atomic mass is 32.2. The van der Waals surface area contributed by atoms with E-state index in [9.17, 15) is 18.0 Å². The minimum absolute atomic E-state index is 0.0561. The normalized spacial score (nSPS) is 14.9. The Labute approximate surface area is 171 Å². The second-order valence-corrected chi connectivity index (χ2v) is 8.93. The van der Waals surface area contributed by atoms with Gasteiger partial charge in [-0.25, -0.2) is 8.42 Å². The molecule has 2 N–H and O–H groups in total. The standard InChI is InChI=1S/C21H25N3O4S/c1-16(25)19-10-3-4-11-20(19)23-21(26)15-22-17-8-7-9-18(14-17)29(27,28)24-12-5-2-6-13-24/h3-4,7-11,14,22H,2,5-6,12-13,15H2,1H3,(H,23,26). The number of carbonyl (C=O) groups excluding carboxylic acids is 2. The lowest BCUT2D eigenvalue weighted by Crippen LogP contribution is -2.35. The second kappa shape index (κ2) is 9.19. The molecule has 1 amide bonds. The van der Waals surface area contributed by atoms with Gasteiger partial charge in [0.1, 0.15) is 0 Å². The number of nitrogens with zero attached hydrogens (tertiary/aromatic N) is 1. The summed E-state index contributed by atoms with van der Waals surface area (Å²) < 4.78 is 27.1. The van der Waals surface area contributed by atoms with Crippen LogP contribution in [0, 0.1) is 0 Å². The van der Waals surface area contributed by atoms with E-state index < -0.39 is 10.0 Å². The third kappa shape index (κ3) is 5.21. The average molecular weight is 416 g/mol. The largest absolute Gasteiger partial charge is 0.376 e. The zero-order valence-corrected chi connectivity index (χ0v) is 17.2. The molecule has 2 aromatic carbocycles. The zero-order valence-electron chi connectivity index (χ0n) is 16.3. The summed E-state index contributed by atoms with van der Waals surface area (Å²) in [7, 11) is -3.53. The number of hydrogen-bond acceptors (Lipinski definition) is 5. The van der Waals surface area contributed by atoms with Gasteiger partial charge in [0.25, 0.3) is 0 Å². The van der Waals surface area contributed by atoms with Crippen molar-refractivity contribution in [3.8, 4) is 0 Å². The van der Waals surface area contributed by atoms with E-state index in [1.165, 1.54) is 11.2 Å². The van der Waals surface area contributed by atoms with Crippen LogP contribution in [0.5, 0.6) is 0 Å². The van der Waals surface area contributed by atoms with Crippen molar-refractivity contribution in [3.63, 3.8) is 0 Å². The van der Waals surface area contributed by atoms with Crippen molar-refractivity contribution in [2.45, 2.75) is 31.1 Å². The van der Waals surface area contributed by atoms with E-state index in [2.05, 4.69) is 10.6 Å². The number of nitrogens with one attached hydrogen (secondary N) is 2. The average Bonchev–Trinajstić information content (AvgIpc) is 2.73. The van der Waals surface area contributed by atoms with E-state index in [1.807, 2.05) is 0 Å². The summed E-state index contributed by atoms with van der Waals surface area (Å²) in [4.78, 5) is 24.2. The molecule has 0 unspecified atom stereocenters. The maximum atomic E-state index is 12.8. The molecular formula is C21H25N3O4S. The Morgan fingerprint density at radius 1 is 1.00 bits per heavy atom. The summed E-state index contributed by atoms with van der Waals surface area (Å²) in [5.74, 6) is -0.465. The van der Waals surface area contributed by atoms with Gasteiger partial charge in [-0.3, -0.25) is 9.59 Å². The van der Waals surface area contributed by atoms with E-state index in [-0.39, 0.29) is 23.1 Å². The molecule has 0 atom stereocenters. The Kier molecular flexibility index (Phi) is 6.66. The number of sulfonamides is 1. The highest BCUT2D eigenvalue weighted by molar-refractivity contribution is 7.89. The van der Waals surface area contributed by atoms with Gasteiger partial charge in [0.2, 0.25) is 15.9 Å². The van der Waals surface area contributed by atoms with Crippen LogP contribution in [0.3, 0.4) is 0 Å². The Bertz CT molecular complexity index is 998. The number of ketones is 1. The third-order valence-electron chi connectivity index (χ3n) is 4.82. The summed E-state index contributed by atoms with van der Waals surface area (Å²) >= 11 is 0. The predicted molar refractivity (Wildman–Crippen MR) is 113 cm³/mol. The smallest absolute Gasteiger partial charge is 0.243 e. The summed E-state index contributed by atoms with van der Waals surface area (Å²) in [6.07, 6.45) is 2.80. The minimum atomic E-state index is -3.53. The third-order valence-corrected chi connectivity index (χ3v) is 6.71. The summed E-state index contributed by atoms with van der Waals surface area (Å²) in [5.41, 5.74) is 1.43. The minimum Gasteiger partial charge on any atom is -0.376 e. The number of Topliss-reactive ketones (excluding diaryl/α,β-unsaturated/α-hetero) is 1. The topological polar surface area (TPSA) is 95.6 Å². The molecule has 1 aliphatic rings. The van der Waals surface area contributed by atoms with Crippen molar-refractivity contribution in [2.75, 3.05) is 30.3 Å². The van der Waals surface area contributed by atoms with Crippen molar-refractivity contribution in [1.82, 2.24) is 4.31 Å². The summed E-state index contributed by atoms with van der Waals surface area (Å²) in [5, 5.41) is 5.66. The van der Waals surface area contributed by atoms with Crippen molar-refractivity contribution in [2.24, 2.45) is 0 Å². The summed E-state index contributed by atoms with van der Waals surface area (Å²) in [6.45, 7) is 2.47. The molecule has 2 aromatic rings. The highest BCUT2D eigenvalue weighted by Crippen LogP contribution is 2.23. The molecule has 1 fully saturated rings. The van der Waals surface area contributed by atoms with E-state index >= 15 is 0 Å². The van der Waals surface area contributed by atoms with E-state index in [0.29, 0.717) is 30.0 Å². The molecule has 1 heterocycles. The number of para-hydroxylation sites is 1. The molecule has 3 rings (SSSR count). The molecule has 1 saturated heterocycles. The van der Waals surface area contributed by atoms with E-state index in [1.54, 1.807) is 48.5 Å².